The molecule has 40 heavy (non-hydrogen) atoms. The molecule has 6 aromatic rings. The van der Waals surface area contributed by atoms with Gasteiger partial charge >= 0.3 is 0 Å². The SMILES string of the molecule is Nc1n[nH]c2cc(-c3cnc(C(Cc4ccccc4)NC(=O)/C=C/c4cc(Cl)ccc4-n4cnnn4)[nH]3)ccc12. The third kappa shape index (κ3) is 5.31. The van der Waals surface area contributed by atoms with Gasteiger partial charge in [0.1, 0.15) is 12.2 Å². The van der Waals surface area contributed by atoms with Gasteiger partial charge in [0.15, 0.2) is 5.82 Å². The topological polar surface area (TPSA) is 156 Å². The van der Waals surface area contributed by atoms with Gasteiger partial charge in [0.2, 0.25) is 5.91 Å². The van der Waals surface area contributed by atoms with Crippen molar-refractivity contribution in [2.24, 2.45) is 0 Å². The number of H-pyrrole nitrogens is 2. The minimum absolute atomic E-state index is 0.295. The molecule has 1 unspecified atom stereocenters. The average Bonchev–Trinajstić information content (AvgIpc) is 3.74. The molecule has 0 aliphatic rings. The Morgan fingerprint density at radius 3 is 2.83 bits per heavy atom. The highest BCUT2D eigenvalue weighted by Gasteiger charge is 2.19. The molecule has 0 saturated carbocycles. The number of nitrogens with zero attached hydrogens (tertiary/aromatic N) is 6. The molecule has 0 fully saturated rings. The van der Waals surface area contributed by atoms with Gasteiger partial charge in [-0.25, -0.2) is 4.98 Å². The van der Waals surface area contributed by atoms with Crippen LogP contribution in [0.15, 0.2) is 85.3 Å². The predicted octanol–water partition coefficient (Wildman–Crippen LogP) is 4.28. The molecule has 198 valence electrons. The first-order valence-electron chi connectivity index (χ1n) is 12.4. The summed E-state index contributed by atoms with van der Waals surface area (Å²) in [5.74, 6) is 0.784. The van der Waals surface area contributed by atoms with E-state index in [1.807, 2.05) is 48.5 Å². The standard InChI is InChI=1S/C28H23ClN10O/c29-20-8-10-25(39-16-32-37-38-39)19(13-20)7-11-26(40)33-23(12-17-4-2-1-3-5-17)28-31-15-24(34-28)18-6-9-21-22(14-18)35-36-27(21)30/h1-11,13-16,23H,12H2,(H,31,34)(H,33,40)(H3,30,35,36)/b11-7+. The molecule has 0 spiro atoms. The van der Waals surface area contributed by atoms with Gasteiger partial charge in [-0.3, -0.25) is 9.89 Å². The fraction of sp³-hybridized carbons (Fsp3) is 0.0714. The zero-order valence-corrected chi connectivity index (χ0v) is 21.7. The van der Waals surface area contributed by atoms with E-state index in [0.717, 1.165) is 27.7 Å². The van der Waals surface area contributed by atoms with Crippen molar-refractivity contribution in [2.45, 2.75) is 12.5 Å². The maximum Gasteiger partial charge on any atom is 0.244 e. The number of benzene rings is 3. The number of fused-ring (bicyclic) bond motifs is 1. The number of hydrogen-bond donors (Lipinski definition) is 4. The summed E-state index contributed by atoms with van der Waals surface area (Å²) in [5, 5.41) is 22.8. The summed E-state index contributed by atoms with van der Waals surface area (Å²) in [5.41, 5.74) is 10.9. The largest absolute Gasteiger partial charge is 0.382 e. The first kappa shape index (κ1) is 25.0. The van der Waals surface area contributed by atoms with E-state index in [1.165, 1.54) is 17.1 Å². The fourth-order valence-electron chi connectivity index (χ4n) is 4.46. The van der Waals surface area contributed by atoms with Crippen molar-refractivity contribution in [3.05, 3.63) is 107 Å². The van der Waals surface area contributed by atoms with Crippen LogP contribution in [-0.2, 0) is 11.2 Å². The van der Waals surface area contributed by atoms with Crippen molar-refractivity contribution in [1.29, 1.82) is 0 Å². The summed E-state index contributed by atoms with van der Waals surface area (Å²) in [6, 6.07) is 20.6. The van der Waals surface area contributed by atoms with E-state index in [0.29, 0.717) is 34.3 Å². The van der Waals surface area contributed by atoms with Crippen LogP contribution in [-0.4, -0.2) is 46.3 Å². The number of rotatable bonds is 8. The molecular formula is C28H23ClN10O. The molecule has 3 aromatic carbocycles. The number of carbonyl (C=O) groups is 1. The Morgan fingerprint density at radius 1 is 1.12 bits per heavy atom. The lowest BCUT2D eigenvalue weighted by Gasteiger charge is -2.16. The van der Waals surface area contributed by atoms with Crippen LogP contribution in [0.3, 0.4) is 0 Å². The van der Waals surface area contributed by atoms with E-state index in [4.69, 9.17) is 17.3 Å². The summed E-state index contributed by atoms with van der Waals surface area (Å²) < 4.78 is 1.51. The Kier molecular flexibility index (Phi) is 6.77. The van der Waals surface area contributed by atoms with E-state index >= 15 is 0 Å². The highest BCUT2D eigenvalue weighted by molar-refractivity contribution is 6.30. The van der Waals surface area contributed by atoms with Crippen LogP contribution in [0.5, 0.6) is 0 Å². The minimum atomic E-state index is -0.418. The third-order valence-corrected chi connectivity index (χ3v) is 6.66. The van der Waals surface area contributed by atoms with Gasteiger partial charge in [-0.15, -0.1) is 5.10 Å². The number of halogens is 1. The van der Waals surface area contributed by atoms with E-state index in [1.54, 1.807) is 30.5 Å². The van der Waals surface area contributed by atoms with Crippen LogP contribution in [0, 0.1) is 0 Å². The minimum Gasteiger partial charge on any atom is -0.382 e. The van der Waals surface area contributed by atoms with Crippen molar-refractivity contribution < 1.29 is 4.79 Å². The second-order valence-electron chi connectivity index (χ2n) is 9.09. The highest BCUT2D eigenvalue weighted by atomic mass is 35.5. The molecular weight excluding hydrogens is 528 g/mol. The van der Waals surface area contributed by atoms with Gasteiger partial charge in [0.05, 0.1) is 29.1 Å². The van der Waals surface area contributed by atoms with Crippen molar-refractivity contribution in [1.82, 2.24) is 45.7 Å². The van der Waals surface area contributed by atoms with E-state index in [2.05, 4.69) is 41.0 Å². The van der Waals surface area contributed by atoms with Crippen LogP contribution in [0.2, 0.25) is 5.02 Å². The second-order valence-corrected chi connectivity index (χ2v) is 9.53. The first-order chi connectivity index (χ1) is 19.5. The molecule has 6 rings (SSSR count). The Balaban J connectivity index is 1.26. The number of anilines is 1. The van der Waals surface area contributed by atoms with E-state index in [9.17, 15) is 4.79 Å². The second kappa shape index (κ2) is 10.8. The Bertz CT molecular complexity index is 1810. The number of imidazole rings is 1. The summed E-state index contributed by atoms with van der Waals surface area (Å²) in [6.07, 6.45) is 6.90. The van der Waals surface area contributed by atoms with Gasteiger partial charge < -0.3 is 16.0 Å². The monoisotopic (exact) mass is 550 g/mol. The lowest BCUT2D eigenvalue weighted by atomic mass is 10.1. The van der Waals surface area contributed by atoms with Gasteiger partial charge in [-0.2, -0.15) is 9.78 Å². The zero-order chi connectivity index (χ0) is 27.5. The number of nitrogens with one attached hydrogen (secondary N) is 3. The summed E-state index contributed by atoms with van der Waals surface area (Å²) in [7, 11) is 0. The highest BCUT2D eigenvalue weighted by Crippen LogP contribution is 2.26. The number of nitrogens with two attached hydrogens (primary N) is 1. The van der Waals surface area contributed by atoms with Crippen molar-refractivity contribution in [3.63, 3.8) is 0 Å². The molecule has 1 amide bonds. The van der Waals surface area contributed by atoms with Crippen molar-refractivity contribution in [3.8, 4) is 16.9 Å². The van der Waals surface area contributed by atoms with Crippen LogP contribution < -0.4 is 11.1 Å². The molecule has 1 atom stereocenters. The number of carbonyl (C=O) groups excluding carboxylic acids is 1. The smallest absolute Gasteiger partial charge is 0.244 e. The Labute approximate surface area is 233 Å². The molecule has 5 N–H and O–H groups in total. The van der Waals surface area contributed by atoms with Crippen molar-refractivity contribution in [2.75, 3.05) is 5.73 Å². The molecule has 0 bridgehead atoms. The van der Waals surface area contributed by atoms with Gasteiger partial charge in [0.25, 0.3) is 0 Å². The Morgan fingerprint density at radius 2 is 2.00 bits per heavy atom. The quantitative estimate of drug-likeness (QED) is 0.206. The van der Waals surface area contributed by atoms with Crippen LogP contribution >= 0.6 is 11.6 Å². The number of nitrogen functional groups attached to an aromatic ring is 1. The molecule has 12 heteroatoms. The molecule has 3 heterocycles. The number of amides is 1. The van der Waals surface area contributed by atoms with E-state index < -0.39 is 6.04 Å². The lowest BCUT2D eigenvalue weighted by molar-refractivity contribution is -0.117. The van der Waals surface area contributed by atoms with Crippen LogP contribution in [0.4, 0.5) is 5.82 Å². The van der Waals surface area contributed by atoms with Crippen LogP contribution in [0.25, 0.3) is 33.9 Å². The van der Waals surface area contributed by atoms with Crippen LogP contribution in [0.1, 0.15) is 23.0 Å². The number of tetrazole rings is 1. The predicted molar refractivity (Wildman–Crippen MR) is 152 cm³/mol. The summed E-state index contributed by atoms with van der Waals surface area (Å²) in [4.78, 5) is 21.2. The number of aromatic amines is 2. The Hall–Kier alpha value is -5.29. The maximum atomic E-state index is 13.2. The first-order valence-corrected chi connectivity index (χ1v) is 12.8. The normalized spacial score (nSPS) is 12.2. The van der Waals surface area contributed by atoms with Gasteiger partial charge in [-0.1, -0.05) is 48.0 Å². The third-order valence-electron chi connectivity index (χ3n) is 6.43. The number of aromatic nitrogens is 8. The molecule has 11 nitrogen and oxygen atoms in total. The molecule has 0 radical (unpaired) electrons. The molecule has 0 aliphatic carbocycles. The summed E-state index contributed by atoms with van der Waals surface area (Å²) >= 11 is 6.21. The summed E-state index contributed by atoms with van der Waals surface area (Å²) in [6.45, 7) is 0. The maximum absolute atomic E-state index is 13.2. The average molecular weight is 551 g/mol. The van der Waals surface area contributed by atoms with Gasteiger partial charge in [-0.05, 0) is 58.8 Å². The fourth-order valence-corrected chi connectivity index (χ4v) is 4.64. The molecule has 0 aliphatic heterocycles. The van der Waals surface area contributed by atoms with Gasteiger partial charge in [0, 0.05) is 27.6 Å². The molecule has 0 saturated heterocycles. The number of hydrogen-bond acceptors (Lipinski definition) is 7. The van der Waals surface area contributed by atoms with E-state index in [-0.39, 0.29) is 5.91 Å². The lowest BCUT2D eigenvalue weighted by Crippen LogP contribution is -2.29. The van der Waals surface area contributed by atoms with Crippen molar-refractivity contribution >= 4 is 40.3 Å². The zero-order valence-electron chi connectivity index (χ0n) is 21.0. The molecule has 3 aromatic heterocycles.